The van der Waals surface area contributed by atoms with E-state index in [4.69, 9.17) is 26.8 Å². The number of aromatic nitrogens is 2. The first kappa shape index (κ1) is 25.1. The van der Waals surface area contributed by atoms with Crippen LogP contribution in [0.25, 0.3) is 10.9 Å². The molecule has 2 aromatic carbocycles. The highest BCUT2D eigenvalue weighted by atomic mass is 35.5. The Balaban J connectivity index is 1.66. The summed E-state index contributed by atoms with van der Waals surface area (Å²) in [6, 6.07) is 4.61. The van der Waals surface area contributed by atoms with Crippen LogP contribution in [0.5, 0.6) is 11.5 Å². The third-order valence-corrected chi connectivity index (χ3v) is 6.19. The Kier molecular flexibility index (Phi) is 7.20. The number of nitrogens with zero attached hydrogens (tertiary/aromatic N) is 3. The summed E-state index contributed by atoms with van der Waals surface area (Å²) in [4.78, 5) is 33.9. The van der Waals surface area contributed by atoms with Crippen molar-refractivity contribution in [3.05, 3.63) is 59.9 Å². The Morgan fingerprint density at radius 1 is 1.28 bits per heavy atom. The minimum absolute atomic E-state index is 0.0803. The molecule has 3 N–H and O–H groups in total. The first-order valence-corrected chi connectivity index (χ1v) is 11.2. The molecule has 0 unspecified atom stereocenters. The number of nitrogens with one attached hydrogen (secondary N) is 1. The molecule has 0 spiro atoms. The van der Waals surface area contributed by atoms with Crippen LogP contribution in [0.1, 0.15) is 12.8 Å². The number of methoxy groups -OCH3 is 1. The van der Waals surface area contributed by atoms with Crippen molar-refractivity contribution in [2.24, 2.45) is 5.73 Å². The van der Waals surface area contributed by atoms with Gasteiger partial charge in [-0.3, -0.25) is 9.59 Å². The lowest BCUT2D eigenvalue weighted by Crippen LogP contribution is -2.54. The van der Waals surface area contributed by atoms with Gasteiger partial charge in [-0.25, -0.2) is 18.7 Å². The Labute approximate surface area is 209 Å². The molecule has 0 radical (unpaired) electrons. The van der Waals surface area contributed by atoms with Crippen molar-refractivity contribution in [1.29, 1.82) is 0 Å². The fourth-order valence-corrected chi connectivity index (χ4v) is 4.20. The minimum Gasteiger partial charge on any atom is -0.493 e. The van der Waals surface area contributed by atoms with E-state index in [1.54, 1.807) is 12.1 Å². The number of nitrogens with two attached hydrogens (primary N) is 1. The van der Waals surface area contributed by atoms with Crippen LogP contribution in [-0.2, 0) is 9.59 Å². The van der Waals surface area contributed by atoms with Crippen LogP contribution in [0, 0.1) is 11.6 Å². The summed E-state index contributed by atoms with van der Waals surface area (Å²) in [6.45, 7) is 3.71. The van der Waals surface area contributed by atoms with Crippen molar-refractivity contribution in [3.63, 3.8) is 0 Å². The zero-order valence-corrected chi connectivity index (χ0v) is 19.9. The van der Waals surface area contributed by atoms with Crippen molar-refractivity contribution < 1.29 is 27.8 Å². The Bertz CT molecular complexity index is 1360. The van der Waals surface area contributed by atoms with Crippen LogP contribution in [0.2, 0.25) is 5.02 Å². The Morgan fingerprint density at radius 3 is 2.75 bits per heavy atom. The van der Waals surface area contributed by atoms with E-state index in [-0.39, 0.29) is 30.4 Å². The summed E-state index contributed by atoms with van der Waals surface area (Å²) in [5.41, 5.74) is 5.91. The van der Waals surface area contributed by atoms with E-state index in [0.29, 0.717) is 28.8 Å². The number of amides is 2. The summed E-state index contributed by atoms with van der Waals surface area (Å²) in [7, 11) is 1.46. The third kappa shape index (κ3) is 4.87. The second-order valence-corrected chi connectivity index (χ2v) is 8.39. The van der Waals surface area contributed by atoms with Crippen molar-refractivity contribution in [2.75, 3.05) is 19.0 Å². The fourth-order valence-electron chi connectivity index (χ4n) is 4.04. The van der Waals surface area contributed by atoms with E-state index in [9.17, 15) is 18.4 Å². The van der Waals surface area contributed by atoms with Crippen LogP contribution in [0.4, 0.5) is 20.3 Å². The monoisotopic (exact) mass is 517 g/mol. The number of likely N-dealkylation sites (tertiary alicyclic amines) is 1. The third-order valence-electron chi connectivity index (χ3n) is 5.84. The number of fused-ring (bicyclic) bond motifs is 1. The number of piperidine rings is 1. The summed E-state index contributed by atoms with van der Waals surface area (Å²) < 4.78 is 39.7. The molecule has 3 aromatic rings. The SMILES string of the molecule is C=CC(=O)N1CC[C@H](Oc2cc3c(Nc4ccc(F)c(Cl)c4F)ncnc3cc2OC)C[C@H]1C(N)=O. The number of carbonyl (C=O) groups is 2. The number of benzene rings is 2. The molecule has 0 bridgehead atoms. The number of hydrogen-bond donors (Lipinski definition) is 2. The lowest BCUT2D eigenvalue weighted by molar-refractivity contribution is -0.139. The van der Waals surface area contributed by atoms with E-state index < -0.39 is 34.7 Å². The smallest absolute Gasteiger partial charge is 0.246 e. The first-order valence-electron chi connectivity index (χ1n) is 10.9. The topological polar surface area (TPSA) is 120 Å². The lowest BCUT2D eigenvalue weighted by atomic mass is 9.98. The Hall–Kier alpha value is -3.99. The number of carbonyl (C=O) groups excluding carboxylic acids is 2. The van der Waals surface area contributed by atoms with Crippen LogP contribution in [0.15, 0.2) is 43.2 Å². The predicted octanol–water partition coefficient (Wildman–Crippen LogP) is 3.72. The van der Waals surface area contributed by atoms with E-state index in [2.05, 4.69) is 21.9 Å². The fraction of sp³-hybridized carbons (Fsp3) is 0.250. The molecule has 0 aliphatic carbocycles. The number of hydrogen-bond acceptors (Lipinski definition) is 7. The molecule has 188 valence electrons. The van der Waals surface area contributed by atoms with Gasteiger partial charge < -0.3 is 25.4 Å². The van der Waals surface area contributed by atoms with Gasteiger partial charge in [0.2, 0.25) is 11.8 Å². The normalized spacial score (nSPS) is 17.5. The molecule has 1 aromatic heterocycles. The second-order valence-electron chi connectivity index (χ2n) is 8.01. The van der Waals surface area contributed by atoms with Crippen molar-refractivity contribution in [2.45, 2.75) is 25.0 Å². The van der Waals surface area contributed by atoms with Gasteiger partial charge in [0.25, 0.3) is 0 Å². The summed E-state index contributed by atoms with van der Waals surface area (Å²) in [6.07, 6.45) is 2.55. The maximum absolute atomic E-state index is 14.5. The molecule has 2 amide bonds. The minimum atomic E-state index is -0.966. The second kappa shape index (κ2) is 10.3. The summed E-state index contributed by atoms with van der Waals surface area (Å²) in [5, 5.41) is 2.62. The molecule has 1 aliphatic rings. The predicted molar refractivity (Wildman–Crippen MR) is 129 cm³/mol. The van der Waals surface area contributed by atoms with Gasteiger partial charge in [0.1, 0.15) is 35.1 Å². The molecule has 36 heavy (non-hydrogen) atoms. The Morgan fingerprint density at radius 2 is 2.06 bits per heavy atom. The van der Waals surface area contributed by atoms with Gasteiger partial charge >= 0.3 is 0 Å². The highest BCUT2D eigenvalue weighted by molar-refractivity contribution is 6.31. The zero-order valence-electron chi connectivity index (χ0n) is 19.1. The maximum Gasteiger partial charge on any atom is 0.246 e. The van der Waals surface area contributed by atoms with Crippen molar-refractivity contribution in [3.8, 4) is 11.5 Å². The van der Waals surface area contributed by atoms with Crippen molar-refractivity contribution >= 4 is 45.8 Å². The van der Waals surface area contributed by atoms with E-state index >= 15 is 0 Å². The average molecular weight is 518 g/mol. The van der Waals surface area contributed by atoms with E-state index in [0.717, 1.165) is 12.1 Å². The average Bonchev–Trinajstić information content (AvgIpc) is 2.88. The number of primary amides is 1. The quantitative estimate of drug-likeness (QED) is 0.362. The van der Waals surface area contributed by atoms with E-state index in [1.807, 2.05) is 0 Å². The van der Waals surface area contributed by atoms with Gasteiger partial charge in [0.15, 0.2) is 17.3 Å². The number of halogens is 3. The molecule has 1 saturated heterocycles. The van der Waals surface area contributed by atoms with Gasteiger partial charge in [-0.15, -0.1) is 0 Å². The van der Waals surface area contributed by atoms with Crippen LogP contribution in [-0.4, -0.2) is 52.5 Å². The van der Waals surface area contributed by atoms with Crippen LogP contribution in [0.3, 0.4) is 0 Å². The van der Waals surface area contributed by atoms with Gasteiger partial charge in [-0.05, 0) is 24.3 Å². The standard InChI is InChI=1S/C24H22ClF2N5O4/c1-3-20(33)32-7-6-12(8-17(32)23(28)34)36-19-9-13-16(10-18(19)35-2)29-11-30-24(13)31-15-5-4-14(26)21(25)22(15)27/h3-5,9-12,17H,1,6-8H2,2H3,(H2,28,34)(H,29,30,31)/t12-,17-/m0/s1. The molecular weight excluding hydrogens is 496 g/mol. The highest BCUT2D eigenvalue weighted by Gasteiger charge is 2.35. The van der Waals surface area contributed by atoms with Crippen LogP contribution >= 0.6 is 11.6 Å². The number of anilines is 2. The molecular formula is C24H22ClF2N5O4. The molecule has 0 saturated carbocycles. The zero-order chi connectivity index (χ0) is 26.0. The molecule has 4 rings (SSSR count). The van der Waals surface area contributed by atoms with Crippen LogP contribution < -0.4 is 20.5 Å². The molecule has 9 nitrogen and oxygen atoms in total. The molecule has 2 atom stereocenters. The van der Waals surface area contributed by atoms with Gasteiger partial charge in [0, 0.05) is 30.8 Å². The molecule has 1 aliphatic heterocycles. The van der Waals surface area contributed by atoms with Gasteiger partial charge in [-0.2, -0.15) is 0 Å². The van der Waals surface area contributed by atoms with Gasteiger partial charge in [-0.1, -0.05) is 18.2 Å². The molecule has 12 heteroatoms. The highest BCUT2D eigenvalue weighted by Crippen LogP contribution is 2.37. The largest absolute Gasteiger partial charge is 0.493 e. The van der Waals surface area contributed by atoms with Crippen molar-refractivity contribution in [1.82, 2.24) is 14.9 Å². The lowest BCUT2D eigenvalue weighted by Gasteiger charge is -2.37. The first-order chi connectivity index (χ1) is 17.2. The van der Waals surface area contributed by atoms with E-state index in [1.165, 1.54) is 24.4 Å². The molecule has 1 fully saturated rings. The maximum atomic E-state index is 14.5. The van der Waals surface area contributed by atoms with Gasteiger partial charge in [0.05, 0.1) is 18.3 Å². The number of ether oxygens (including phenoxy) is 2. The summed E-state index contributed by atoms with van der Waals surface area (Å²) in [5.74, 6) is -1.99. The number of rotatable bonds is 7. The summed E-state index contributed by atoms with van der Waals surface area (Å²) >= 11 is 5.69. The molecule has 2 heterocycles.